The van der Waals surface area contributed by atoms with Crippen LogP contribution in [0.5, 0.6) is 0 Å². The minimum Gasteiger partial charge on any atom is -0.436 e. The third-order valence-corrected chi connectivity index (χ3v) is 12.8. The number of nitrogens with zero attached hydrogens (tertiary/aromatic N) is 6. The topological polar surface area (TPSA) is 95.7 Å². The van der Waals surface area contributed by atoms with Gasteiger partial charge in [0.2, 0.25) is 11.8 Å². The summed E-state index contributed by atoms with van der Waals surface area (Å²) in [6, 6.07) is 71.0. The predicted molar refractivity (Wildman–Crippen MR) is 269 cm³/mol. The standard InChI is InChI=1S/C59H34N6O2/c1-2-11-45(12-3-1)65-50-28-27-42(34-47(50)54-46-13-5-4-10-35(46)26-29-51(54)65)57-63-55(40-22-18-38-32-43(24-20-36(38)30-40)58-60-48-14-6-8-16-52(48)66-58)62-56(64-57)41-23-19-39-33-44(25-21-37(39)31-41)59-61-49-15-7-9-17-53(49)67-59/h1-34H. The number of rotatable bonds is 6. The molecule has 4 aromatic heterocycles. The van der Waals surface area contributed by atoms with Gasteiger partial charge >= 0.3 is 0 Å². The molecule has 0 spiro atoms. The van der Waals surface area contributed by atoms with Crippen LogP contribution in [0.3, 0.4) is 0 Å². The Labute approximate surface area is 382 Å². The number of fused-ring (bicyclic) bond motifs is 9. The van der Waals surface area contributed by atoms with Crippen molar-refractivity contribution in [3.63, 3.8) is 0 Å². The summed E-state index contributed by atoms with van der Waals surface area (Å²) >= 11 is 0. The van der Waals surface area contributed by atoms with Crippen LogP contribution >= 0.6 is 0 Å². The van der Waals surface area contributed by atoms with Gasteiger partial charge in [0.1, 0.15) is 11.0 Å². The van der Waals surface area contributed by atoms with E-state index in [1.165, 1.54) is 16.2 Å². The Balaban J connectivity index is 0.928. The highest BCUT2D eigenvalue weighted by Crippen LogP contribution is 2.40. The van der Waals surface area contributed by atoms with Crippen LogP contribution in [0.1, 0.15) is 0 Å². The van der Waals surface area contributed by atoms with Crippen molar-refractivity contribution in [1.29, 1.82) is 0 Å². The van der Waals surface area contributed by atoms with Gasteiger partial charge in [0.05, 0.1) is 11.0 Å². The number of hydrogen-bond acceptors (Lipinski definition) is 7. The van der Waals surface area contributed by atoms with Crippen molar-refractivity contribution in [2.24, 2.45) is 0 Å². The van der Waals surface area contributed by atoms with Crippen LogP contribution in [-0.4, -0.2) is 29.5 Å². The highest BCUT2D eigenvalue weighted by molar-refractivity contribution is 6.21. The fraction of sp³-hybridized carbons (Fsp3) is 0. The summed E-state index contributed by atoms with van der Waals surface area (Å²) in [6.45, 7) is 0. The highest BCUT2D eigenvalue weighted by Gasteiger charge is 2.19. The molecule has 0 saturated heterocycles. The molecule has 0 saturated carbocycles. The smallest absolute Gasteiger partial charge is 0.227 e. The van der Waals surface area contributed by atoms with Crippen LogP contribution in [0, 0.1) is 0 Å². The van der Waals surface area contributed by atoms with E-state index < -0.39 is 0 Å². The van der Waals surface area contributed by atoms with Crippen LogP contribution in [0.15, 0.2) is 215 Å². The van der Waals surface area contributed by atoms with Gasteiger partial charge in [0.15, 0.2) is 28.6 Å². The zero-order valence-corrected chi connectivity index (χ0v) is 35.6. The van der Waals surface area contributed by atoms with Crippen molar-refractivity contribution in [3.05, 3.63) is 206 Å². The Bertz CT molecular complexity index is 4060. The maximum atomic E-state index is 6.12. The van der Waals surface area contributed by atoms with E-state index in [1.54, 1.807) is 0 Å². The van der Waals surface area contributed by atoms with Gasteiger partial charge in [0.25, 0.3) is 0 Å². The zero-order valence-electron chi connectivity index (χ0n) is 35.6. The van der Waals surface area contributed by atoms with Crippen molar-refractivity contribution in [1.82, 2.24) is 29.5 Å². The summed E-state index contributed by atoms with van der Waals surface area (Å²) in [5.41, 5.74) is 11.0. The Morgan fingerprint density at radius 3 is 1.34 bits per heavy atom. The molecular formula is C59H34N6O2. The predicted octanol–water partition coefficient (Wildman–Crippen LogP) is 15.0. The van der Waals surface area contributed by atoms with E-state index in [9.17, 15) is 0 Å². The first-order valence-corrected chi connectivity index (χ1v) is 22.2. The van der Waals surface area contributed by atoms with Crippen LogP contribution < -0.4 is 0 Å². The Morgan fingerprint density at radius 1 is 0.313 bits per heavy atom. The first-order valence-electron chi connectivity index (χ1n) is 22.2. The van der Waals surface area contributed by atoms with Gasteiger partial charge < -0.3 is 13.4 Å². The van der Waals surface area contributed by atoms with Crippen molar-refractivity contribution in [2.45, 2.75) is 0 Å². The molecule has 67 heavy (non-hydrogen) atoms. The Hall–Kier alpha value is -9.27. The number of hydrogen-bond donors (Lipinski definition) is 0. The fourth-order valence-electron chi connectivity index (χ4n) is 9.58. The largest absolute Gasteiger partial charge is 0.436 e. The third kappa shape index (κ3) is 6.19. The normalized spacial score (nSPS) is 11.9. The second-order valence-electron chi connectivity index (χ2n) is 16.9. The van der Waals surface area contributed by atoms with Gasteiger partial charge in [-0.15, -0.1) is 0 Å². The van der Waals surface area contributed by atoms with E-state index >= 15 is 0 Å². The summed E-state index contributed by atoms with van der Waals surface area (Å²) in [7, 11) is 0. The molecule has 0 unspecified atom stereocenters. The van der Waals surface area contributed by atoms with E-state index in [0.29, 0.717) is 29.3 Å². The molecule has 0 atom stereocenters. The summed E-state index contributed by atoms with van der Waals surface area (Å²) in [4.78, 5) is 25.2. The third-order valence-electron chi connectivity index (χ3n) is 12.8. The van der Waals surface area contributed by atoms with E-state index in [-0.39, 0.29) is 0 Å². The lowest BCUT2D eigenvalue weighted by atomic mass is 10.0. The van der Waals surface area contributed by atoms with Gasteiger partial charge in [-0.25, -0.2) is 24.9 Å². The SMILES string of the molecule is c1ccc(-n2c3ccc(-c4nc(-c5ccc6cc(-c7nc8ccccc8o7)ccc6c5)nc(-c5ccc6cc(-c7nc8ccccc8o7)ccc6c5)n4)cc3c3c4ccccc4ccc32)cc1. The molecule has 0 aliphatic carbocycles. The van der Waals surface area contributed by atoms with Crippen molar-refractivity contribution < 1.29 is 8.83 Å². The van der Waals surface area contributed by atoms with E-state index in [1.807, 2.05) is 48.5 Å². The number of oxazole rings is 2. The van der Waals surface area contributed by atoms with E-state index in [4.69, 9.17) is 33.8 Å². The molecule has 8 nitrogen and oxygen atoms in total. The monoisotopic (exact) mass is 858 g/mol. The first kappa shape index (κ1) is 37.1. The summed E-state index contributed by atoms with van der Waals surface area (Å²) in [5.74, 6) is 2.92. The van der Waals surface area contributed by atoms with E-state index in [0.717, 1.165) is 93.7 Å². The minimum absolute atomic E-state index is 0.577. The molecule has 0 fully saturated rings. The summed E-state index contributed by atoms with van der Waals surface area (Å²) < 4.78 is 14.6. The van der Waals surface area contributed by atoms with Gasteiger partial charge in [0, 0.05) is 44.3 Å². The Kier molecular flexibility index (Phi) is 8.11. The first-order chi connectivity index (χ1) is 33.1. The Morgan fingerprint density at radius 2 is 0.761 bits per heavy atom. The quantitative estimate of drug-likeness (QED) is 0.164. The molecule has 312 valence electrons. The van der Waals surface area contributed by atoms with Crippen molar-refractivity contribution in [2.75, 3.05) is 0 Å². The second-order valence-corrected chi connectivity index (χ2v) is 16.9. The molecule has 0 aliphatic heterocycles. The molecule has 0 N–H and O–H groups in total. The van der Waals surface area contributed by atoms with Crippen LogP contribution in [0.4, 0.5) is 0 Å². The van der Waals surface area contributed by atoms with Gasteiger partial charge in [-0.05, 0) is 129 Å². The van der Waals surface area contributed by atoms with Gasteiger partial charge in [-0.2, -0.15) is 0 Å². The lowest BCUT2D eigenvalue weighted by molar-refractivity contribution is 0.619. The maximum Gasteiger partial charge on any atom is 0.227 e. The van der Waals surface area contributed by atoms with Crippen LogP contribution in [0.25, 0.3) is 139 Å². The summed E-state index contributed by atoms with van der Waals surface area (Å²) in [6.07, 6.45) is 0. The lowest BCUT2D eigenvalue weighted by Gasteiger charge is -2.11. The number of para-hydroxylation sites is 5. The molecule has 14 rings (SSSR count). The van der Waals surface area contributed by atoms with Crippen molar-refractivity contribution in [3.8, 4) is 62.8 Å². The molecule has 0 bridgehead atoms. The lowest BCUT2D eigenvalue weighted by Crippen LogP contribution is -2.00. The van der Waals surface area contributed by atoms with Crippen LogP contribution in [-0.2, 0) is 0 Å². The maximum absolute atomic E-state index is 6.12. The molecular weight excluding hydrogens is 825 g/mol. The summed E-state index contributed by atoms with van der Waals surface area (Å²) in [5, 5.41) is 8.89. The highest BCUT2D eigenvalue weighted by atomic mass is 16.4. The number of benzene rings is 10. The molecule has 0 amide bonds. The fourth-order valence-corrected chi connectivity index (χ4v) is 9.58. The van der Waals surface area contributed by atoms with Gasteiger partial charge in [-0.3, -0.25) is 0 Å². The molecule has 0 radical (unpaired) electrons. The molecule has 8 heteroatoms. The van der Waals surface area contributed by atoms with Crippen molar-refractivity contribution >= 4 is 76.3 Å². The number of aromatic nitrogens is 6. The average Bonchev–Trinajstić information content (AvgIpc) is 4.12. The zero-order chi connectivity index (χ0) is 44.0. The van der Waals surface area contributed by atoms with E-state index in [2.05, 4.69) is 162 Å². The molecule has 10 aromatic carbocycles. The average molecular weight is 859 g/mol. The molecule has 14 aromatic rings. The molecule has 4 heterocycles. The van der Waals surface area contributed by atoms with Crippen LogP contribution in [0.2, 0.25) is 0 Å². The van der Waals surface area contributed by atoms with Gasteiger partial charge in [-0.1, -0.05) is 109 Å². The second kappa shape index (κ2) is 14.6. The minimum atomic E-state index is 0.577. The molecule has 0 aliphatic rings.